The molecule has 4 aromatic rings. The van der Waals surface area contributed by atoms with Gasteiger partial charge >= 0.3 is 0 Å². The summed E-state index contributed by atoms with van der Waals surface area (Å²) < 4.78 is 6.32. The van der Waals surface area contributed by atoms with E-state index in [0.29, 0.717) is 49.6 Å². The number of benzene rings is 4. The summed E-state index contributed by atoms with van der Waals surface area (Å²) in [5.41, 5.74) is 6.34. The van der Waals surface area contributed by atoms with Gasteiger partial charge in [0, 0.05) is 45.8 Å². The van der Waals surface area contributed by atoms with Gasteiger partial charge in [-0.05, 0) is 67.4 Å². The number of pyridine rings is 1. The van der Waals surface area contributed by atoms with Crippen molar-refractivity contribution in [2.75, 3.05) is 5.32 Å². The number of hydrogen-bond acceptors (Lipinski definition) is 6. The van der Waals surface area contributed by atoms with Gasteiger partial charge in [-0.15, -0.1) is 0 Å². The Hall–Kier alpha value is -4.68. The quantitative estimate of drug-likeness (QED) is 0.175. The summed E-state index contributed by atoms with van der Waals surface area (Å²) in [6, 6.07) is 21.4. The zero-order chi connectivity index (χ0) is 27.3. The van der Waals surface area contributed by atoms with Crippen molar-refractivity contribution in [3.63, 3.8) is 0 Å². The van der Waals surface area contributed by atoms with Crippen LogP contribution in [0, 0.1) is 13.8 Å². The van der Waals surface area contributed by atoms with Crippen LogP contribution >= 0.6 is 11.6 Å². The van der Waals surface area contributed by atoms with E-state index in [-0.39, 0.29) is 17.7 Å². The molecular weight excluding hydrogens is 512 g/mol. The smallest absolute Gasteiger partial charge is 0.185 e. The van der Waals surface area contributed by atoms with Crippen molar-refractivity contribution in [2.45, 2.75) is 20.4 Å². The summed E-state index contributed by atoms with van der Waals surface area (Å²) in [5.74, 6) is 0.402. The predicted octanol–water partition coefficient (Wildman–Crippen LogP) is 7.51. The lowest BCUT2D eigenvalue weighted by molar-refractivity contribution is 0.112. The van der Waals surface area contributed by atoms with E-state index in [9.17, 15) is 14.7 Å². The first-order chi connectivity index (χ1) is 18.9. The number of fused-ring (bicyclic) bond motifs is 3. The third kappa shape index (κ3) is 4.19. The molecule has 0 atom stereocenters. The number of nitrogens with one attached hydrogen (secondary N) is 1. The molecule has 7 heteroatoms. The average Bonchev–Trinajstić information content (AvgIpc) is 2.93. The highest BCUT2D eigenvalue weighted by atomic mass is 35.5. The largest absolute Gasteiger partial charge is 0.507 e. The molecule has 6 rings (SSSR count). The second-order valence-corrected chi connectivity index (χ2v) is 9.94. The van der Waals surface area contributed by atoms with E-state index in [4.69, 9.17) is 16.0 Å². The standard InChI is InChI=1S/C32H23ClN2O4/c1-17-13-23-29(14-28(17)38)39-32-22(30(23)20-6-4-3-5-19(20)16-36)9-12-27(37)24(32)15-34-26-11-10-25(33)21-8-7-18(2)35-31(21)26/h3-14,16,34,37H,15H2,1-2H3. The van der Waals surface area contributed by atoms with Gasteiger partial charge in [-0.2, -0.15) is 0 Å². The summed E-state index contributed by atoms with van der Waals surface area (Å²) in [5, 5.41) is 16.5. The Morgan fingerprint density at radius 1 is 0.974 bits per heavy atom. The predicted molar refractivity (Wildman–Crippen MR) is 155 cm³/mol. The SMILES string of the molecule is Cc1ccc2c(Cl)ccc(NCc3c(O)ccc4c(-c5ccccc5C=O)c5cc(C)c(=O)cc-5oc34)c2n1. The fraction of sp³-hybridized carbons (Fsp3) is 0.0938. The molecule has 2 heterocycles. The van der Waals surface area contributed by atoms with Crippen LogP contribution in [-0.2, 0) is 6.54 Å². The Bertz CT molecular complexity index is 1960. The van der Waals surface area contributed by atoms with E-state index >= 15 is 0 Å². The normalized spacial score (nSPS) is 11.4. The number of carbonyl (C=O) groups excluding carboxylic acids is 1. The van der Waals surface area contributed by atoms with E-state index in [1.165, 1.54) is 6.07 Å². The number of aromatic hydroxyl groups is 1. The number of aryl methyl sites for hydroxylation is 2. The Balaban J connectivity index is 1.59. The summed E-state index contributed by atoms with van der Waals surface area (Å²) in [4.78, 5) is 29.2. The maximum absolute atomic E-state index is 12.6. The molecule has 2 aliphatic rings. The molecule has 1 aliphatic carbocycles. The van der Waals surface area contributed by atoms with Crippen LogP contribution in [0.5, 0.6) is 5.75 Å². The molecular formula is C32H23ClN2O4. The highest BCUT2D eigenvalue weighted by molar-refractivity contribution is 6.35. The minimum Gasteiger partial charge on any atom is -0.507 e. The maximum Gasteiger partial charge on any atom is 0.185 e. The van der Waals surface area contributed by atoms with Crippen LogP contribution in [0.15, 0.2) is 82.0 Å². The number of rotatable bonds is 5. The third-order valence-corrected chi connectivity index (χ3v) is 7.35. The van der Waals surface area contributed by atoms with E-state index in [1.807, 2.05) is 37.3 Å². The van der Waals surface area contributed by atoms with Gasteiger partial charge in [0.1, 0.15) is 17.1 Å². The van der Waals surface area contributed by atoms with Crippen molar-refractivity contribution >= 4 is 45.4 Å². The summed E-state index contributed by atoms with van der Waals surface area (Å²) in [6.45, 7) is 3.87. The molecule has 1 aromatic heterocycles. The van der Waals surface area contributed by atoms with Crippen molar-refractivity contribution in [3.8, 4) is 28.2 Å². The number of nitrogens with zero attached hydrogens (tertiary/aromatic N) is 1. The van der Waals surface area contributed by atoms with Crippen molar-refractivity contribution in [3.05, 3.63) is 110 Å². The molecule has 0 unspecified atom stereocenters. The molecule has 1 aliphatic heterocycles. The van der Waals surface area contributed by atoms with Crippen LogP contribution < -0.4 is 10.7 Å². The fourth-order valence-corrected chi connectivity index (χ4v) is 5.25. The molecule has 6 nitrogen and oxygen atoms in total. The third-order valence-electron chi connectivity index (χ3n) is 7.02. The number of phenolic OH excluding ortho intramolecular Hbond substituents is 1. The second-order valence-electron chi connectivity index (χ2n) is 9.53. The maximum atomic E-state index is 12.6. The Morgan fingerprint density at radius 3 is 2.59 bits per heavy atom. The Labute approximate surface area is 228 Å². The van der Waals surface area contributed by atoms with Crippen LogP contribution in [0.4, 0.5) is 5.69 Å². The van der Waals surface area contributed by atoms with Gasteiger partial charge in [0.2, 0.25) is 0 Å². The second kappa shape index (κ2) is 9.57. The van der Waals surface area contributed by atoms with Crippen molar-refractivity contribution in [2.24, 2.45) is 0 Å². The zero-order valence-corrected chi connectivity index (χ0v) is 22.0. The summed E-state index contributed by atoms with van der Waals surface area (Å²) in [6.07, 6.45) is 0.815. The topological polar surface area (TPSA) is 92.4 Å². The van der Waals surface area contributed by atoms with Gasteiger partial charge in [0.25, 0.3) is 0 Å². The van der Waals surface area contributed by atoms with Crippen LogP contribution in [-0.4, -0.2) is 16.4 Å². The molecule has 192 valence electrons. The van der Waals surface area contributed by atoms with Crippen LogP contribution in [0.1, 0.15) is 27.2 Å². The van der Waals surface area contributed by atoms with Crippen molar-refractivity contribution in [1.82, 2.24) is 4.98 Å². The highest BCUT2D eigenvalue weighted by Gasteiger charge is 2.23. The molecule has 0 bridgehead atoms. The first kappa shape index (κ1) is 24.6. The first-order valence-corrected chi connectivity index (χ1v) is 12.8. The number of anilines is 1. The molecule has 0 amide bonds. The van der Waals surface area contributed by atoms with Gasteiger partial charge in [-0.25, -0.2) is 0 Å². The molecule has 39 heavy (non-hydrogen) atoms. The zero-order valence-electron chi connectivity index (χ0n) is 21.2. The molecule has 0 radical (unpaired) electrons. The minimum atomic E-state index is -0.158. The van der Waals surface area contributed by atoms with Gasteiger partial charge in [0.15, 0.2) is 11.7 Å². The Morgan fingerprint density at radius 2 is 1.77 bits per heavy atom. The molecule has 2 N–H and O–H groups in total. The number of halogens is 1. The minimum absolute atomic E-state index is 0.0320. The van der Waals surface area contributed by atoms with E-state index in [2.05, 4.69) is 10.3 Å². The lowest BCUT2D eigenvalue weighted by atomic mass is 9.89. The number of phenols is 1. The lowest BCUT2D eigenvalue weighted by Crippen LogP contribution is -2.07. The van der Waals surface area contributed by atoms with Gasteiger partial charge in [0.05, 0.1) is 21.8 Å². The molecule has 0 fully saturated rings. The number of carbonyl (C=O) groups is 1. The number of hydrogen-bond donors (Lipinski definition) is 2. The molecule has 0 saturated carbocycles. The van der Waals surface area contributed by atoms with Crippen LogP contribution in [0.25, 0.3) is 44.3 Å². The van der Waals surface area contributed by atoms with E-state index < -0.39 is 0 Å². The summed E-state index contributed by atoms with van der Waals surface area (Å²) in [7, 11) is 0. The number of aromatic nitrogens is 1. The first-order valence-electron chi connectivity index (χ1n) is 12.4. The molecule has 0 saturated heterocycles. The van der Waals surface area contributed by atoms with Gasteiger partial charge in [-0.3, -0.25) is 14.6 Å². The average molecular weight is 535 g/mol. The lowest BCUT2D eigenvalue weighted by Gasteiger charge is -2.19. The van der Waals surface area contributed by atoms with Crippen LogP contribution in [0.2, 0.25) is 5.02 Å². The fourth-order valence-electron chi connectivity index (χ4n) is 5.03. The van der Waals surface area contributed by atoms with Crippen molar-refractivity contribution in [1.29, 1.82) is 0 Å². The number of aldehydes is 1. The van der Waals surface area contributed by atoms with Gasteiger partial charge in [-0.1, -0.05) is 35.9 Å². The monoisotopic (exact) mass is 534 g/mol. The molecule has 0 spiro atoms. The van der Waals surface area contributed by atoms with Crippen LogP contribution in [0.3, 0.4) is 0 Å². The van der Waals surface area contributed by atoms with E-state index in [1.54, 1.807) is 43.3 Å². The van der Waals surface area contributed by atoms with Gasteiger partial charge < -0.3 is 14.8 Å². The molecule has 3 aromatic carbocycles. The highest BCUT2D eigenvalue weighted by Crippen LogP contribution is 2.44. The van der Waals surface area contributed by atoms with E-state index in [0.717, 1.165) is 34.1 Å². The summed E-state index contributed by atoms with van der Waals surface area (Å²) >= 11 is 6.41. The van der Waals surface area contributed by atoms with Crippen molar-refractivity contribution < 1.29 is 14.3 Å². The Kier molecular flexibility index (Phi) is 6.04.